The van der Waals surface area contributed by atoms with Crippen molar-refractivity contribution in [1.82, 2.24) is 15.1 Å². The fourth-order valence-corrected chi connectivity index (χ4v) is 4.78. The Morgan fingerprint density at radius 3 is 2.38 bits per heavy atom. The molecule has 0 atom stereocenters. The van der Waals surface area contributed by atoms with E-state index in [0.717, 1.165) is 51.0 Å². The topological polar surface area (TPSA) is 61.9 Å². The maximum absolute atomic E-state index is 12.5. The van der Waals surface area contributed by atoms with Gasteiger partial charge >= 0.3 is 6.09 Å². The molecule has 0 aromatic heterocycles. The van der Waals surface area contributed by atoms with Crippen LogP contribution in [-0.2, 0) is 16.1 Å². The summed E-state index contributed by atoms with van der Waals surface area (Å²) in [6, 6.07) is 9.67. The molecule has 0 radical (unpaired) electrons. The molecule has 1 aliphatic heterocycles. The number of carbonyl (C=O) groups excluding carboxylic acids is 2. The van der Waals surface area contributed by atoms with Gasteiger partial charge in [-0.3, -0.25) is 4.79 Å². The Hall–Kier alpha value is -2.08. The Bertz CT molecular complexity index is 663. The van der Waals surface area contributed by atoms with E-state index in [1.165, 1.54) is 0 Å². The number of amides is 2. The van der Waals surface area contributed by atoms with Gasteiger partial charge in [0.2, 0.25) is 5.91 Å². The lowest BCUT2D eigenvalue weighted by molar-refractivity contribution is -0.171. The summed E-state index contributed by atoms with van der Waals surface area (Å²) in [7, 11) is 2.09. The van der Waals surface area contributed by atoms with Crippen LogP contribution in [0.5, 0.6) is 0 Å². The summed E-state index contributed by atoms with van der Waals surface area (Å²) >= 11 is 0. The van der Waals surface area contributed by atoms with E-state index in [4.69, 9.17) is 4.74 Å². The number of likely N-dealkylation sites (N-methyl/N-ethyl adjacent to an activating group) is 1. The number of benzene rings is 1. The molecule has 1 aromatic carbocycles. The van der Waals surface area contributed by atoms with E-state index in [1.54, 1.807) is 0 Å². The van der Waals surface area contributed by atoms with Crippen LogP contribution in [0.1, 0.15) is 31.2 Å². The number of nitrogens with one attached hydrogen (secondary N) is 1. The molecule has 140 valence electrons. The Kier molecular flexibility index (Phi) is 4.39. The predicted molar refractivity (Wildman–Crippen MR) is 97.5 cm³/mol. The van der Waals surface area contributed by atoms with Gasteiger partial charge in [-0.05, 0) is 37.3 Å². The summed E-state index contributed by atoms with van der Waals surface area (Å²) in [5.74, 6) is 0.276. The number of hydrogen-bond acceptors (Lipinski definition) is 4. The van der Waals surface area contributed by atoms with Crippen LogP contribution in [0, 0.1) is 5.41 Å². The molecule has 4 fully saturated rings. The molecule has 0 spiro atoms. The molecule has 3 saturated carbocycles. The van der Waals surface area contributed by atoms with Crippen LogP contribution in [0.4, 0.5) is 4.79 Å². The van der Waals surface area contributed by atoms with Gasteiger partial charge in [0.1, 0.15) is 6.61 Å². The minimum absolute atomic E-state index is 0.118. The lowest BCUT2D eigenvalue weighted by atomic mass is 9.38. The normalized spacial score (nSPS) is 30.1. The quantitative estimate of drug-likeness (QED) is 0.876. The summed E-state index contributed by atoms with van der Waals surface area (Å²) in [5, 5.41) is 3.02. The first-order chi connectivity index (χ1) is 12.5. The van der Waals surface area contributed by atoms with Gasteiger partial charge in [0, 0.05) is 38.1 Å². The van der Waals surface area contributed by atoms with E-state index in [-0.39, 0.29) is 29.6 Å². The van der Waals surface area contributed by atoms with Gasteiger partial charge in [0.05, 0.1) is 0 Å². The third-order valence-electron chi connectivity index (χ3n) is 6.10. The first-order valence-corrected chi connectivity index (χ1v) is 9.43. The molecule has 1 saturated heterocycles. The zero-order valence-electron chi connectivity index (χ0n) is 15.4. The standard InChI is InChI=1S/C20H27N3O3/c1-22-7-9-23(10-8-22)17(24)11-19-13-20(14-19,15-19)21-18(25)26-12-16-5-3-2-4-6-16/h2-6H,7-15H2,1H3,(H,21,25). The van der Waals surface area contributed by atoms with Crippen molar-refractivity contribution in [3.63, 3.8) is 0 Å². The molecule has 5 rings (SSSR count). The van der Waals surface area contributed by atoms with Crippen LogP contribution in [0.25, 0.3) is 0 Å². The van der Waals surface area contributed by atoms with Gasteiger partial charge < -0.3 is 19.9 Å². The predicted octanol–water partition coefficient (Wildman–Crippen LogP) is 2.00. The smallest absolute Gasteiger partial charge is 0.407 e. The van der Waals surface area contributed by atoms with Crippen molar-refractivity contribution < 1.29 is 14.3 Å². The van der Waals surface area contributed by atoms with E-state index in [2.05, 4.69) is 17.3 Å². The Morgan fingerprint density at radius 2 is 1.73 bits per heavy atom. The fourth-order valence-electron chi connectivity index (χ4n) is 4.78. The molecule has 2 amide bonds. The molecule has 1 heterocycles. The average Bonchev–Trinajstić information content (AvgIpc) is 2.58. The zero-order chi connectivity index (χ0) is 18.2. The van der Waals surface area contributed by atoms with Crippen LogP contribution < -0.4 is 5.32 Å². The van der Waals surface area contributed by atoms with Crippen LogP contribution in [0.3, 0.4) is 0 Å². The van der Waals surface area contributed by atoms with Gasteiger partial charge in [-0.25, -0.2) is 4.79 Å². The Labute approximate surface area is 154 Å². The van der Waals surface area contributed by atoms with Crippen molar-refractivity contribution in [3.8, 4) is 0 Å². The molecule has 1 aromatic rings. The molecule has 26 heavy (non-hydrogen) atoms. The summed E-state index contributed by atoms with van der Waals surface area (Å²) in [5.41, 5.74) is 0.970. The highest BCUT2D eigenvalue weighted by molar-refractivity contribution is 5.78. The van der Waals surface area contributed by atoms with Gasteiger partial charge in [0.25, 0.3) is 0 Å². The lowest BCUT2D eigenvalue weighted by Gasteiger charge is -2.70. The maximum atomic E-state index is 12.5. The lowest BCUT2D eigenvalue weighted by Crippen LogP contribution is -2.75. The van der Waals surface area contributed by atoms with Crippen molar-refractivity contribution >= 4 is 12.0 Å². The Morgan fingerprint density at radius 1 is 1.08 bits per heavy atom. The second-order valence-corrected chi connectivity index (χ2v) is 8.36. The summed E-state index contributed by atoms with van der Waals surface area (Å²) in [4.78, 5) is 28.8. The number of rotatable bonds is 5. The fraction of sp³-hybridized carbons (Fsp3) is 0.600. The van der Waals surface area contributed by atoms with Crippen molar-refractivity contribution in [2.45, 2.75) is 37.8 Å². The molecule has 3 aliphatic carbocycles. The van der Waals surface area contributed by atoms with E-state index in [0.29, 0.717) is 6.42 Å². The number of ether oxygens (including phenoxy) is 1. The van der Waals surface area contributed by atoms with Gasteiger partial charge in [0.15, 0.2) is 0 Å². The number of nitrogens with zero attached hydrogens (tertiary/aromatic N) is 2. The van der Waals surface area contributed by atoms with Crippen LogP contribution in [0.15, 0.2) is 30.3 Å². The summed E-state index contributed by atoms with van der Waals surface area (Å²) in [6.45, 7) is 3.87. The van der Waals surface area contributed by atoms with Crippen LogP contribution in [0.2, 0.25) is 0 Å². The van der Waals surface area contributed by atoms with Gasteiger partial charge in [-0.1, -0.05) is 30.3 Å². The minimum Gasteiger partial charge on any atom is -0.445 e. The highest BCUT2D eigenvalue weighted by atomic mass is 16.5. The zero-order valence-corrected chi connectivity index (χ0v) is 15.4. The van der Waals surface area contributed by atoms with Crippen molar-refractivity contribution in [2.75, 3.05) is 33.2 Å². The number of alkyl carbamates (subject to hydrolysis) is 1. The molecule has 1 N–H and O–H groups in total. The highest BCUT2D eigenvalue weighted by Crippen LogP contribution is 2.69. The second kappa shape index (κ2) is 6.58. The monoisotopic (exact) mass is 357 g/mol. The number of hydrogen-bond donors (Lipinski definition) is 1. The van der Waals surface area contributed by atoms with Crippen LogP contribution >= 0.6 is 0 Å². The molecule has 6 heteroatoms. The summed E-state index contributed by atoms with van der Waals surface area (Å²) in [6.07, 6.45) is 2.98. The second-order valence-electron chi connectivity index (χ2n) is 8.36. The van der Waals surface area contributed by atoms with Crippen molar-refractivity contribution in [1.29, 1.82) is 0 Å². The number of piperazine rings is 1. The maximum Gasteiger partial charge on any atom is 0.407 e. The van der Waals surface area contributed by atoms with Crippen LogP contribution in [-0.4, -0.2) is 60.6 Å². The molecule has 0 unspecified atom stereocenters. The molecular weight excluding hydrogens is 330 g/mol. The first kappa shape index (κ1) is 17.3. The summed E-state index contributed by atoms with van der Waals surface area (Å²) < 4.78 is 5.31. The van der Waals surface area contributed by atoms with E-state index in [1.807, 2.05) is 35.2 Å². The third kappa shape index (κ3) is 3.43. The largest absolute Gasteiger partial charge is 0.445 e. The molecular formula is C20H27N3O3. The third-order valence-corrected chi connectivity index (χ3v) is 6.10. The average molecular weight is 357 g/mol. The SMILES string of the molecule is CN1CCN(C(=O)CC23CC(NC(=O)OCc4ccccc4)(C2)C3)CC1. The van der Waals surface area contributed by atoms with E-state index >= 15 is 0 Å². The first-order valence-electron chi connectivity index (χ1n) is 9.43. The molecule has 6 nitrogen and oxygen atoms in total. The number of carbonyl (C=O) groups is 2. The Balaban J connectivity index is 1.19. The van der Waals surface area contributed by atoms with Crippen molar-refractivity contribution in [3.05, 3.63) is 35.9 Å². The van der Waals surface area contributed by atoms with Crippen molar-refractivity contribution in [2.24, 2.45) is 5.41 Å². The van der Waals surface area contributed by atoms with Gasteiger partial charge in [-0.2, -0.15) is 0 Å². The highest BCUT2D eigenvalue weighted by Gasteiger charge is 2.69. The van der Waals surface area contributed by atoms with Gasteiger partial charge in [-0.15, -0.1) is 0 Å². The molecule has 2 bridgehead atoms. The molecule has 4 aliphatic rings. The van der Waals surface area contributed by atoms with E-state index < -0.39 is 0 Å². The minimum atomic E-state index is -0.354. The van der Waals surface area contributed by atoms with E-state index in [9.17, 15) is 9.59 Å².